The fourth-order valence-electron chi connectivity index (χ4n) is 1.36. The van der Waals surface area contributed by atoms with Crippen molar-refractivity contribution in [2.24, 2.45) is 0 Å². The van der Waals surface area contributed by atoms with Crippen LogP contribution in [-0.2, 0) is 18.7 Å². The maximum atomic E-state index is 12.4. The van der Waals surface area contributed by atoms with Gasteiger partial charge in [-0.2, -0.15) is 13.2 Å². The third-order valence-corrected chi connectivity index (χ3v) is 3.43. The van der Waals surface area contributed by atoms with Crippen molar-refractivity contribution in [1.29, 1.82) is 0 Å². The SMILES string of the molecule is FC(F)(F)c1ccc(OCc2nc(CCl)cs2)cc1. The van der Waals surface area contributed by atoms with Gasteiger partial charge in [-0.1, -0.05) is 0 Å². The first-order valence-electron chi connectivity index (χ1n) is 5.28. The van der Waals surface area contributed by atoms with Crippen molar-refractivity contribution >= 4 is 22.9 Å². The minimum atomic E-state index is -4.33. The molecule has 2 nitrogen and oxygen atoms in total. The minimum Gasteiger partial charge on any atom is -0.486 e. The Bertz CT molecular complexity index is 539. The van der Waals surface area contributed by atoms with Crippen LogP contribution < -0.4 is 4.74 Å². The van der Waals surface area contributed by atoms with Crippen LogP contribution in [-0.4, -0.2) is 4.98 Å². The number of halogens is 4. The van der Waals surface area contributed by atoms with Gasteiger partial charge in [-0.3, -0.25) is 0 Å². The molecule has 2 aromatic rings. The van der Waals surface area contributed by atoms with Crippen molar-refractivity contribution in [3.63, 3.8) is 0 Å². The van der Waals surface area contributed by atoms with Gasteiger partial charge in [0.15, 0.2) is 0 Å². The summed E-state index contributed by atoms with van der Waals surface area (Å²) in [7, 11) is 0. The van der Waals surface area contributed by atoms with Crippen LogP contribution in [0.4, 0.5) is 13.2 Å². The molecule has 0 aliphatic carbocycles. The summed E-state index contributed by atoms with van der Waals surface area (Å²) < 4.78 is 42.4. The molecule has 1 heterocycles. The molecule has 0 spiro atoms. The molecule has 2 rings (SSSR count). The predicted molar refractivity (Wildman–Crippen MR) is 67.4 cm³/mol. The molecule has 0 atom stereocenters. The lowest BCUT2D eigenvalue weighted by molar-refractivity contribution is -0.137. The standard InChI is InChI=1S/C12H9ClF3NOS/c13-5-9-7-19-11(17-9)6-18-10-3-1-8(2-4-10)12(14,15)16/h1-4,7H,5-6H2. The normalized spacial score (nSPS) is 11.6. The zero-order chi connectivity index (χ0) is 13.9. The maximum Gasteiger partial charge on any atom is 0.416 e. The molecule has 0 amide bonds. The van der Waals surface area contributed by atoms with E-state index in [4.69, 9.17) is 16.3 Å². The predicted octanol–water partition coefficient (Wildman–Crippen LogP) is 4.48. The van der Waals surface area contributed by atoms with E-state index >= 15 is 0 Å². The molecule has 0 saturated carbocycles. The van der Waals surface area contributed by atoms with Crippen molar-refractivity contribution in [3.8, 4) is 5.75 Å². The third kappa shape index (κ3) is 3.84. The first-order chi connectivity index (χ1) is 8.99. The summed E-state index contributed by atoms with van der Waals surface area (Å²) in [4.78, 5) is 4.18. The largest absolute Gasteiger partial charge is 0.486 e. The van der Waals surface area contributed by atoms with Crippen molar-refractivity contribution in [2.75, 3.05) is 0 Å². The summed E-state index contributed by atoms with van der Waals surface area (Å²) in [5.74, 6) is 0.701. The molecule has 0 aliphatic rings. The van der Waals surface area contributed by atoms with E-state index in [0.717, 1.165) is 22.8 Å². The van der Waals surface area contributed by atoms with Gasteiger partial charge in [0.1, 0.15) is 17.4 Å². The molecule has 0 N–H and O–H groups in total. The van der Waals surface area contributed by atoms with Gasteiger partial charge in [-0.05, 0) is 24.3 Å². The second kappa shape index (κ2) is 5.79. The minimum absolute atomic E-state index is 0.215. The highest BCUT2D eigenvalue weighted by molar-refractivity contribution is 7.09. The highest BCUT2D eigenvalue weighted by Gasteiger charge is 2.29. The smallest absolute Gasteiger partial charge is 0.416 e. The molecule has 0 aliphatic heterocycles. The number of aromatic nitrogens is 1. The summed E-state index contributed by atoms with van der Waals surface area (Å²) in [5, 5.41) is 2.55. The molecule has 7 heteroatoms. The highest BCUT2D eigenvalue weighted by Crippen LogP contribution is 2.30. The number of benzene rings is 1. The van der Waals surface area contributed by atoms with E-state index in [1.54, 1.807) is 0 Å². The maximum absolute atomic E-state index is 12.4. The third-order valence-electron chi connectivity index (χ3n) is 2.28. The average Bonchev–Trinajstić information content (AvgIpc) is 2.84. The van der Waals surface area contributed by atoms with Crippen LogP contribution in [0.15, 0.2) is 29.6 Å². The summed E-state index contributed by atoms with van der Waals surface area (Å²) >= 11 is 7.01. The molecular weight excluding hydrogens is 299 g/mol. The zero-order valence-electron chi connectivity index (χ0n) is 9.58. The summed E-state index contributed by atoms with van der Waals surface area (Å²) in [6.07, 6.45) is -4.33. The van der Waals surface area contributed by atoms with Gasteiger partial charge in [0.25, 0.3) is 0 Å². The fourth-order valence-corrected chi connectivity index (χ4v) is 2.30. The topological polar surface area (TPSA) is 22.1 Å². The number of rotatable bonds is 4. The van der Waals surface area contributed by atoms with Gasteiger partial charge in [0, 0.05) is 5.38 Å². The summed E-state index contributed by atoms with van der Waals surface area (Å²) in [5.41, 5.74) is 0.0659. The molecule has 19 heavy (non-hydrogen) atoms. The first-order valence-corrected chi connectivity index (χ1v) is 6.70. The molecule has 1 aromatic heterocycles. The van der Waals surface area contributed by atoms with Crippen LogP contribution >= 0.6 is 22.9 Å². The Labute approximate surface area is 116 Å². The van der Waals surface area contributed by atoms with Crippen LogP contribution in [0.2, 0.25) is 0 Å². The van der Waals surface area contributed by atoms with Crippen LogP contribution in [0.25, 0.3) is 0 Å². The van der Waals surface area contributed by atoms with Crippen LogP contribution in [0.3, 0.4) is 0 Å². The Morgan fingerprint density at radius 3 is 2.42 bits per heavy atom. The van der Waals surface area contributed by atoms with E-state index in [1.807, 2.05) is 5.38 Å². The van der Waals surface area contributed by atoms with E-state index in [1.165, 1.54) is 23.5 Å². The van der Waals surface area contributed by atoms with Gasteiger partial charge in [-0.15, -0.1) is 22.9 Å². The number of nitrogens with zero attached hydrogens (tertiary/aromatic N) is 1. The Morgan fingerprint density at radius 2 is 1.89 bits per heavy atom. The van der Waals surface area contributed by atoms with Gasteiger partial charge in [-0.25, -0.2) is 4.98 Å². The number of ether oxygens (including phenoxy) is 1. The average molecular weight is 308 g/mol. The van der Waals surface area contributed by atoms with Gasteiger partial charge in [0.05, 0.1) is 17.1 Å². The van der Waals surface area contributed by atoms with Crippen molar-refractivity contribution in [2.45, 2.75) is 18.7 Å². The van der Waals surface area contributed by atoms with E-state index < -0.39 is 11.7 Å². The Morgan fingerprint density at radius 1 is 1.21 bits per heavy atom. The lowest BCUT2D eigenvalue weighted by Gasteiger charge is -2.08. The lowest BCUT2D eigenvalue weighted by Crippen LogP contribution is -2.04. The number of hydrogen-bond acceptors (Lipinski definition) is 3. The number of hydrogen-bond donors (Lipinski definition) is 0. The van der Waals surface area contributed by atoms with Crippen molar-refractivity contribution in [1.82, 2.24) is 4.98 Å². The second-order valence-corrected chi connectivity index (χ2v) is 4.89. The molecule has 1 aromatic carbocycles. The van der Waals surface area contributed by atoms with Crippen molar-refractivity contribution < 1.29 is 17.9 Å². The molecular formula is C12H9ClF3NOS. The van der Waals surface area contributed by atoms with Crippen LogP contribution in [0, 0.1) is 0 Å². The number of thiazole rings is 1. The summed E-state index contributed by atoms with van der Waals surface area (Å²) in [6.45, 7) is 0.215. The van der Waals surface area contributed by atoms with Crippen LogP contribution in [0.5, 0.6) is 5.75 Å². The fraction of sp³-hybridized carbons (Fsp3) is 0.250. The Kier molecular flexibility index (Phi) is 4.31. The first kappa shape index (κ1) is 14.1. The summed E-state index contributed by atoms with van der Waals surface area (Å²) in [6, 6.07) is 4.56. The highest BCUT2D eigenvalue weighted by atomic mass is 35.5. The second-order valence-electron chi connectivity index (χ2n) is 3.68. The van der Waals surface area contributed by atoms with E-state index in [-0.39, 0.29) is 6.61 Å². The molecule has 102 valence electrons. The quantitative estimate of drug-likeness (QED) is 0.777. The van der Waals surface area contributed by atoms with Gasteiger partial charge < -0.3 is 4.74 Å². The van der Waals surface area contributed by atoms with Crippen molar-refractivity contribution in [3.05, 3.63) is 45.9 Å². The lowest BCUT2D eigenvalue weighted by atomic mass is 10.2. The number of alkyl halides is 4. The zero-order valence-corrected chi connectivity index (χ0v) is 11.1. The Hall–Kier alpha value is -1.27. The van der Waals surface area contributed by atoms with E-state index in [0.29, 0.717) is 11.6 Å². The molecule has 0 bridgehead atoms. The molecule has 0 fully saturated rings. The Balaban J connectivity index is 1.96. The van der Waals surface area contributed by atoms with E-state index in [2.05, 4.69) is 4.98 Å². The van der Waals surface area contributed by atoms with Gasteiger partial charge >= 0.3 is 6.18 Å². The van der Waals surface area contributed by atoms with Crippen LogP contribution in [0.1, 0.15) is 16.3 Å². The monoisotopic (exact) mass is 307 g/mol. The molecule has 0 saturated heterocycles. The molecule has 0 unspecified atom stereocenters. The van der Waals surface area contributed by atoms with E-state index in [9.17, 15) is 13.2 Å². The molecule has 0 radical (unpaired) electrons. The van der Waals surface area contributed by atoms with Gasteiger partial charge in [0.2, 0.25) is 0 Å².